The van der Waals surface area contributed by atoms with Crippen molar-refractivity contribution in [3.63, 3.8) is 0 Å². The molecule has 1 aliphatic rings. The molecule has 0 nitrogen and oxygen atoms in total. The van der Waals surface area contributed by atoms with Crippen molar-refractivity contribution >= 4 is 64.0 Å². The van der Waals surface area contributed by atoms with Crippen molar-refractivity contribution in [2.45, 2.75) is 233 Å². The molecule has 0 aromatic carbocycles. The minimum absolute atomic E-state index is 0.442. The van der Waals surface area contributed by atoms with Crippen molar-refractivity contribution in [2.24, 2.45) is 0 Å². The van der Waals surface area contributed by atoms with Crippen LogP contribution in [0.15, 0.2) is 0 Å². The summed E-state index contributed by atoms with van der Waals surface area (Å²) in [6.45, 7) is 87.8. The van der Waals surface area contributed by atoms with Gasteiger partial charge in [-0.25, -0.2) is 0 Å². The van der Waals surface area contributed by atoms with Crippen LogP contribution in [-0.2, 0) is 0 Å². The lowest BCUT2D eigenvalue weighted by atomic mass is 10.2. The van der Waals surface area contributed by atoms with Crippen LogP contribution in [-0.4, -0.2) is 64.0 Å². The van der Waals surface area contributed by atoms with E-state index in [9.17, 15) is 0 Å². The lowest BCUT2D eigenvalue weighted by Gasteiger charge is -2.64. The molecule has 1 aliphatic heterocycles. The first-order valence-electron chi connectivity index (χ1n) is 18.8. The standard InChI is InChI=1S/C36H90Si9/c1-31(2,3)37(19,20)43(38(21,22)32(4,5)6)44(39(23,24)33(7,8)9,40(25,26)34(10,11)12)45(43,41(27,28)35(13,14)15)42(29,30)36(16,17)18/h1-30H3. The average Bonchev–Trinajstić information content (AvgIpc) is 3.35. The zero-order chi connectivity index (χ0) is 37.5. The molecule has 270 valence electrons. The Morgan fingerprint density at radius 3 is 0.311 bits per heavy atom. The van der Waals surface area contributed by atoms with E-state index in [-0.39, 0.29) is 0 Å². The van der Waals surface area contributed by atoms with Crippen LogP contribution >= 0.6 is 0 Å². The monoisotopic (exact) mass is 774 g/mol. The molecule has 0 aliphatic carbocycles. The Kier molecular flexibility index (Phi) is 11.0. The molecule has 0 aromatic rings. The molecule has 1 saturated heterocycles. The Bertz CT molecular complexity index is 881. The average molecular weight is 776 g/mol. The highest BCUT2D eigenvalue weighted by molar-refractivity contribution is 8.62. The first-order valence-corrected chi connectivity index (χ1v) is 51.8. The highest BCUT2D eigenvalue weighted by Crippen LogP contribution is 2.82. The van der Waals surface area contributed by atoms with E-state index in [1.807, 2.05) is 0 Å². The van der Waals surface area contributed by atoms with Crippen molar-refractivity contribution < 1.29 is 0 Å². The van der Waals surface area contributed by atoms with Gasteiger partial charge in [-0.15, -0.1) is 0 Å². The molecular formula is C36H90Si9. The molecular weight excluding hydrogens is 685 g/mol. The maximum Gasteiger partial charge on any atom is 0.0383 e. The van der Waals surface area contributed by atoms with Crippen LogP contribution in [0.3, 0.4) is 0 Å². The second-order valence-corrected chi connectivity index (χ2v) is 135. The fraction of sp³-hybridized carbons (Fsp3) is 1.00. The summed E-state index contributed by atoms with van der Waals surface area (Å²) in [5, 5.41) is 2.65. The first-order chi connectivity index (χ1) is 18.8. The molecule has 0 spiro atoms. The van der Waals surface area contributed by atoms with Gasteiger partial charge in [0.2, 0.25) is 0 Å². The summed E-state index contributed by atoms with van der Waals surface area (Å²) in [6.07, 6.45) is -5.75. The van der Waals surface area contributed by atoms with E-state index in [0.29, 0.717) is 30.2 Å². The summed E-state index contributed by atoms with van der Waals surface area (Å²) >= 11 is 0. The first kappa shape index (κ1) is 45.0. The van der Waals surface area contributed by atoms with Gasteiger partial charge in [0, 0.05) is 64.0 Å². The van der Waals surface area contributed by atoms with Crippen LogP contribution in [0.2, 0.25) is 109 Å². The van der Waals surface area contributed by atoms with E-state index in [4.69, 9.17) is 0 Å². The lowest BCUT2D eigenvalue weighted by molar-refractivity contribution is 0.724. The Morgan fingerprint density at radius 1 is 0.200 bits per heavy atom. The Balaban J connectivity index is 5.68. The summed E-state index contributed by atoms with van der Waals surface area (Å²) < 4.78 is 0. The van der Waals surface area contributed by atoms with Crippen LogP contribution in [0.4, 0.5) is 0 Å². The van der Waals surface area contributed by atoms with Crippen molar-refractivity contribution in [3.8, 4) is 0 Å². The fourth-order valence-electron chi connectivity index (χ4n) is 11.9. The summed E-state index contributed by atoms with van der Waals surface area (Å²) in [5.41, 5.74) is 0. The smallest absolute Gasteiger partial charge is 0.0383 e. The van der Waals surface area contributed by atoms with Gasteiger partial charge in [-0.05, 0) is 30.2 Å². The van der Waals surface area contributed by atoms with Crippen molar-refractivity contribution in [1.29, 1.82) is 0 Å². The lowest BCUT2D eigenvalue weighted by Crippen LogP contribution is -2.86. The van der Waals surface area contributed by atoms with Gasteiger partial charge in [0.05, 0.1) is 0 Å². The SMILES string of the molecule is CC(C)(C)[Si](C)(C)[Si]1([Si](C)(C)C(C)(C)C)[Si]([Si](C)(C)C(C)(C)C)([Si](C)(C)C(C)(C)C)[Si]1([Si](C)(C)C(C)(C)C)[Si](C)(C)C(C)(C)C. The highest BCUT2D eigenvalue weighted by Gasteiger charge is 3.08. The fourth-order valence-corrected chi connectivity index (χ4v) is 747. The van der Waals surface area contributed by atoms with Gasteiger partial charge in [0.1, 0.15) is 0 Å². The van der Waals surface area contributed by atoms with Crippen LogP contribution in [0.5, 0.6) is 0 Å². The zero-order valence-electron chi connectivity index (χ0n) is 37.5. The predicted molar refractivity (Wildman–Crippen MR) is 240 cm³/mol. The minimum Gasteiger partial charge on any atom is -0.0715 e. The van der Waals surface area contributed by atoms with Gasteiger partial charge in [-0.3, -0.25) is 0 Å². The molecule has 0 amide bonds. The van der Waals surface area contributed by atoms with Gasteiger partial charge in [0.25, 0.3) is 0 Å². The molecule has 0 bridgehead atoms. The third-order valence-corrected chi connectivity index (χ3v) is 324. The third-order valence-electron chi connectivity index (χ3n) is 18.5. The Hall–Kier alpha value is 1.95. The van der Waals surface area contributed by atoms with E-state index in [2.05, 4.69) is 203 Å². The molecule has 1 fully saturated rings. The molecule has 1 heterocycles. The van der Waals surface area contributed by atoms with E-state index >= 15 is 0 Å². The zero-order valence-corrected chi connectivity index (χ0v) is 46.5. The van der Waals surface area contributed by atoms with E-state index in [0.717, 1.165) is 0 Å². The molecule has 9 heteroatoms. The van der Waals surface area contributed by atoms with E-state index in [1.54, 1.807) is 0 Å². The topological polar surface area (TPSA) is 0 Å². The van der Waals surface area contributed by atoms with Gasteiger partial charge >= 0.3 is 0 Å². The molecule has 0 radical (unpaired) electrons. The molecule has 1 rings (SSSR count). The largest absolute Gasteiger partial charge is 0.0715 e. The highest BCUT2D eigenvalue weighted by atomic mass is 30.9. The summed E-state index contributed by atoms with van der Waals surface area (Å²) in [4.78, 5) is 0. The van der Waals surface area contributed by atoms with Crippen molar-refractivity contribution in [1.82, 2.24) is 0 Å². The number of hydrogen-bond donors (Lipinski definition) is 0. The molecule has 0 N–H and O–H groups in total. The van der Waals surface area contributed by atoms with Crippen molar-refractivity contribution in [2.75, 3.05) is 0 Å². The summed E-state index contributed by atoms with van der Waals surface area (Å²) in [5.74, 6) is 0. The summed E-state index contributed by atoms with van der Waals surface area (Å²) in [7, 11) is -11.0. The molecule has 0 saturated carbocycles. The van der Waals surface area contributed by atoms with Crippen LogP contribution in [0, 0.1) is 0 Å². The van der Waals surface area contributed by atoms with Crippen LogP contribution in [0.1, 0.15) is 125 Å². The van der Waals surface area contributed by atoms with Crippen LogP contribution in [0.25, 0.3) is 0 Å². The number of rotatable bonds is 6. The second kappa shape index (κ2) is 11.0. The Morgan fingerprint density at radius 2 is 0.267 bits per heavy atom. The molecule has 0 atom stereocenters. The third kappa shape index (κ3) is 4.87. The Labute approximate surface area is 295 Å². The van der Waals surface area contributed by atoms with Gasteiger partial charge in [-0.2, -0.15) is 0 Å². The quantitative estimate of drug-likeness (QED) is 0.236. The van der Waals surface area contributed by atoms with Gasteiger partial charge in [0.15, 0.2) is 0 Å². The van der Waals surface area contributed by atoms with E-state index < -0.39 is 64.0 Å². The predicted octanol–water partition coefficient (Wildman–Crippen LogP) is 14.1. The summed E-state index contributed by atoms with van der Waals surface area (Å²) in [6, 6.07) is 0. The maximum atomic E-state index is 3.12. The minimum atomic E-state index is -1.92. The van der Waals surface area contributed by atoms with Crippen molar-refractivity contribution in [3.05, 3.63) is 0 Å². The van der Waals surface area contributed by atoms with Gasteiger partial charge < -0.3 is 0 Å². The normalized spacial score (nSPS) is 21.2. The number of hydrogen-bond acceptors (Lipinski definition) is 0. The molecule has 0 aromatic heterocycles. The maximum absolute atomic E-state index is 3.12. The van der Waals surface area contributed by atoms with Gasteiger partial charge in [-0.1, -0.05) is 203 Å². The molecule has 45 heavy (non-hydrogen) atoms. The molecule has 0 unspecified atom stereocenters. The van der Waals surface area contributed by atoms with Crippen LogP contribution < -0.4 is 0 Å². The second-order valence-electron chi connectivity index (χ2n) is 25.5. The van der Waals surface area contributed by atoms with E-state index in [1.165, 1.54) is 0 Å².